The highest BCUT2D eigenvalue weighted by Crippen LogP contribution is 2.16. The minimum atomic E-state index is -0.308. The van der Waals surface area contributed by atoms with Gasteiger partial charge in [0.2, 0.25) is 0 Å². The van der Waals surface area contributed by atoms with Crippen LogP contribution in [0.25, 0.3) is 0 Å². The summed E-state index contributed by atoms with van der Waals surface area (Å²) < 4.78 is 6.68. The van der Waals surface area contributed by atoms with Crippen LogP contribution in [0.4, 0.5) is 0 Å². The Balaban J connectivity index is 2.56. The Bertz CT molecular complexity index is 394. The molecule has 0 saturated heterocycles. The third kappa shape index (κ3) is 3.99. The Morgan fingerprint density at radius 3 is 2.78 bits per heavy atom. The number of esters is 1. The molecule has 0 spiro atoms. The SMILES string of the molecule is CCCNC(CSc1nnc(C)n1C)C(=O)OC. The molecule has 0 aliphatic heterocycles. The van der Waals surface area contributed by atoms with Gasteiger partial charge in [-0.1, -0.05) is 18.7 Å². The fourth-order valence-corrected chi connectivity index (χ4v) is 2.34. The number of hydrogen-bond acceptors (Lipinski definition) is 6. The standard InChI is InChI=1S/C11H20N4O2S/c1-5-6-12-9(10(16)17-4)7-18-11-14-13-8(2)15(11)3/h9,12H,5-7H2,1-4H3. The predicted molar refractivity (Wildman–Crippen MR) is 70.6 cm³/mol. The van der Waals surface area contributed by atoms with Crippen molar-refractivity contribution in [1.82, 2.24) is 20.1 Å². The largest absolute Gasteiger partial charge is 0.468 e. The van der Waals surface area contributed by atoms with Crippen molar-refractivity contribution in [3.63, 3.8) is 0 Å². The molecule has 1 aromatic rings. The quantitative estimate of drug-likeness (QED) is 0.584. The van der Waals surface area contributed by atoms with E-state index in [2.05, 4.69) is 22.4 Å². The van der Waals surface area contributed by atoms with Crippen LogP contribution in [-0.4, -0.2) is 46.2 Å². The van der Waals surface area contributed by atoms with Gasteiger partial charge in [-0.15, -0.1) is 10.2 Å². The zero-order chi connectivity index (χ0) is 13.5. The van der Waals surface area contributed by atoms with E-state index in [1.165, 1.54) is 18.9 Å². The molecular formula is C11H20N4O2S. The van der Waals surface area contributed by atoms with Crippen molar-refractivity contribution in [3.05, 3.63) is 5.82 Å². The van der Waals surface area contributed by atoms with Gasteiger partial charge in [-0.05, 0) is 19.9 Å². The van der Waals surface area contributed by atoms with Crippen LogP contribution in [0, 0.1) is 6.92 Å². The predicted octanol–water partition coefficient (Wildman–Crippen LogP) is 0.757. The summed E-state index contributed by atoms with van der Waals surface area (Å²) in [5.74, 6) is 1.20. The van der Waals surface area contributed by atoms with Crippen molar-refractivity contribution in [2.45, 2.75) is 31.5 Å². The van der Waals surface area contributed by atoms with Crippen LogP contribution >= 0.6 is 11.8 Å². The van der Waals surface area contributed by atoms with Gasteiger partial charge in [-0.25, -0.2) is 0 Å². The molecule has 18 heavy (non-hydrogen) atoms. The molecule has 0 aromatic carbocycles. The van der Waals surface area contributed by atoms with Gasteiger partial charge in [0.05, 0.1) is 7.11 Å². The third-order valence-corrected chi connectivity index (χ3v) is 3.67. The Morgan fingerprint density at radius 1 is 1.56 bits per heavy atom. The summed E-state index contributed by atoms with van der Waals surface area (Å²) in [7, 11) is 3.31. The van der Waals surface area contributed by atoms with E-state index in [0.717, 1.165) is 23.9 Å². The van der Waals surface area contributed by atoms with Crippen molar-refractivity contribution in [3.8, 4) is 0 Å². The van der Waals surface area contributed by atoms with E-state index >= 15 is 0 Å². The zero-order valence-electron chi connectivity index (χ0n) is 11.3. The minimum absolute atomic E-state index is 0.241. The summed E-state index contributed by atoms with van der Waals surface area (Å²) in [5.41, 5.74) is 0. The number of ether oxygens (including phenoxy) is 1. The van der Waals surface area contributed by atoms with Crippen LogP contribution < -0.4 is 5.32 Å². The molecule has 1 atom stereocenters. The molecule has 1 heterocycles. The number of carbonyl (C=O) groups is 1. The second-order valence-electron chi connectivity index (χ2n) is 3.93. The fraction of sp³-hybridized carbons (Fsp3) is 0.727. The molecular weight excluding hydrogens is 252 g/mol. The van der Waals surface area contributed by atoms with Crippen LogP contribution in [-0.2, 0) is 16.6 Å². The smallest absolute Gasteiger partial charge is 0.323 e. The molecule has 1 N–H and O–H groups in total. The lowest BCUT2D eigenvalue weighted by atomic mass is 10.3. The van der Waals surface area contributed by atoms with E-state index in [-0.39, 0.29) is 12.0 Å². The number of nitrogens with one attached hydrogen (secondary N) is 1. The Hall–Kier alpha value is -1.08. The summed E-state index contributed by atoms with van der Waals surface area (Å²) in [6.07, 6.45) is 0.973. The number of aryl methyl sites for hydroxylation is 1. The van der Waals surface area contributed by atoms with E-state index in [1.807, 2.05) is 18.5 Å². The third-order valence-electron chi connectivity index (χ3n) is 2.56. The van der Waals surface area contributed by atoms with Crippen molar-refractivity contribution >= 4 is 17.7 Å². The number of hydrogen-bond donors (Lipinski definition) is 1. The molecule has 0 bridgehead atoms. The second-order valence-corrected chi connectivity index (χ2v) is 4.92. The molecule has 102 valence electrons. The van der Waals surface area contributed by atoms with Gasteiger partial charge in [-0.3, -0.25) is 4.79 Å². The van der Waals surface area contributed by atoms with Crippen molar-refractivity contribution < 1.29 is 9.53 Å². The molecule has 6 nitrogen and oxygen atoms in total. The molecule has 1 unspecified atom stereocenters. The van der Waals surface area contributed by atoms with Gasteiger partial charge in [0.25, 0.3) is 0 Å². The number of rotatable bonds is 7. The highest BCUT2D eigenvalue weighted by Gasteiger charge is 2.19. The number of methoxy groups -OCH3 is 1. The molecule has 0 aliphatic rings. The molecule has 1 rings (SSSR count). The van der Waals surface area contributed by atoms with E-state index in [1.54, 1.807) is 0 Å². The maximum Gasteiger partial charge on any atom is 0.323 e. The van der Waals surface area contributed by atoms with Crippen molar-refractivity contribution in [2.75, 3.05) is 19.4 Å². The first-order chi connectivity index (χ1) is 8.60. The van der Waals surface area contributed by atoms with E-state index in [0.29, 0.717) is 5.75 Å². The van der Waals surface area contributed by atoms with E-state index < -0.39 is 0 Å². The van der Waals surface area contributed by atoms with Crippen LogP contribution in [0.2, 0.25) is 0 Å². The fourth-order valence-electron chi connectivity index (χ4n) is 1.34. The lowest BCUT2D eigenvalue weighted by Crippen LogP contribution is -2.40. The number of thioether (sulfide) groups is 1. The summed E-state index contributed by atoms with van der Waals surface area (Å²) in [6, 6.07) is -0.308. The Kier molecular flexibility index (Phi) is 6.14. The van der Waals surface area contributed by atoms with Gasteiger partial charge >= 0.3 is 5.97 Å². The van der Waals surface area contributed by atoms with Crippen molar-refractivity contribution in [2.24, 2.45) is 7.05 Å². The van der Waals surface area contributed by atoms with Gasteiger partial charge in [0.1, 0.15) is 11.9 Å². The van der Waals surface area contributed by atoms with Crippen LogP contribution in [0.3, 0.4) is 0 Å². The Morgan fingerprint density at radius 2 is 2.28 bits per heavy atom. The summed E-state index contributed by atoms with van der Waals surface area (Å²) in [5, 5.41) is 12.0. The molecule has 0 fully saturated rings. The molecule has 7 heteroatoms. The van der Waals surface area contributed by atoms with Gasteiger partial charge in [0, 0.05) is 12.8 Å². The van der Waals surface area contributed by atoms with Crippen molar-refractivity contribution in [1.29, 1.82) is 0 Å². The first kappa shape index (κ1) is 15.0. The topological polar surface area (TPSA) is 69.0 Å². The van der Waals surface area contributed by atoms with Gasteiger partial charge < -0.3 is 14.6 Å². The zero-order valence-corrected chi connectivity index (χ0v) is 12.1. The average molecular weight is 272 g/mol. The number of nitrogens with zero attached hydrogens (tertiary/aromatic N) is 3. The van der Waals surface area contributed by atoms with Crippen LogP contribution in [0.15, 0.2) is 5.16 Å². The summed E-state index contributed by atoms with van der Waals surface area (Å²) in [6.45, 7) is 4.74. The minimum Gasteiger partial charge on any atom is -0.468 e. The normalized spacial score (nSPS) is 12.4. The second kappa shape index (κ2) is 7.38. The first-order valence-electron chi connectivity index (χ1n) is 5.90. The number of carbonyl (C=O) groups excluding carboxylic acids is 1. The summed E-state index contributed by atoms with van der Waals surface area (Å²) in [4.78, 5) is 11.6. The highest BCUT2D eigenvalue weighted by atomic mass is 32.2. The van der Waals surface area contributed by atoms with Crippen LogP contribution in [0.5, 0.6) is 0 Å². The molecule has 0 aliphatic carbocycles. The van der Waals surface area contributed by atoms with Crippen LogP contribution in [0.1, 0.15) is 19.2 Å². The molecule has 1 aromatic heterocycles. The molecule has 0 amide bonds. The first-order valence-corrected chi connectivity index (χ1v) is 6.88. The van der Waals surface area contributed by atoms with E-state index in [4.69, 9.17) is 4.74 Å². The molecule has 0 saturated carbocycles. The Labute approximate surface area is 111 Å². The van der Waals surface area contributed by atoms with E-state index in [9.17, 15) is 4.79 Å². The molecule has 0 radical (unpaired) electrons. The monoisotopic (exact) mass is 272 g/mol. The maximum absolute atomic E-state index is 11.6. The maximum atomic E-state index is 11.6. The number of aromatic nitrogens is 3. The highest BCUT2D eigenvalue weighted by molar-refractivity contribution is 7.99. The lowest BCUT2D eigenvalue weighted by Gasteiger charge is -2.15. The van der Waals surface area contributed by atoms with Gasteiger partial charge in [-0.2, -0.15) is 0 Å². The van der Waals surface area contributed by atoms with Gasteiger partial charge in [0.15, 0.2) is 5.16 Å². The lowest BCUT2D eigenvalue weighted by molar-refractivity contribution is -0.142. The average Bonchev–Trinajstić information content (AvgIpc) is 2.69. The summed E-state index contributed by atoms with van der Waals surface area (Å²) >= 11 is 1.50.